The lowest BCUT2D eigenvalue weighted by Gasteiger charge is -2.12. The van der Waals surface area contributed by atoms with E-state index in [1.54, 1.807) is 12.4 Å². The smallest absolute Gasteiger partial charge is 0.228 e. The van der Waals surface area contributed by atoms with Crippen molar-refractivity contribution in [1.29, 1.82) is 0 Å². The Kier molecular flexibility index (Phi) is 9.82. The molecule has 0 spiro atoms. The highest BCUT2D eigenvalue weighted by atomic mass is 35.5. The molecule has 0 radical (unpaired) electrons. The second-order valence-electron chi connectivity index (χ2n) is 6.63. The van der Waals surface area contributed by atoms with E-state index in [-0.39, 0.29) is 6.10 Å². The molecule has 1 aromatic heterocycles. The number of hydrogen-bond donors (Lipinski definition) is 2. The highest BCUT2D eigenvalue weighted by Crippen LogP contribution is 2.20. The fourth-order valence-corrected chi connectivity index (χ4v) is 2.66. The Balaban J connectivity index is 1.88. The van der Waals surface area contributed by atoms with Gasteiger partial charge in [-0.3, -0.25) is 0 Å². The molecule has 0 amide bonds. The van der Waals surface area contributed by atoms with Crippen LogP contribution in [0.3, 0.4) is 0 Å². The molecule has 1 fully saturated rings. The summed E-state index contributed by atoms with van der Waals surface area (Å²) in [6.07, 6.45) is 13.3. The molecular weight excluding hydrogens is 378 g/mol. The summed E-state index contributed by atoms with van der Waals surface area (Å²) in [5, 5.41) is 6.77. The fourth-order valence-electron chi connectivity index (χ4n) is 2.50. The third-order valence-corrected chi connectivity index (χ3v) is 4.25. The van der Waals surface area contributed by atoms with E-state index in [4.69, 9.17) is 21.1 Å². The van der Waals surface area contributed by atoms with Crippen LogP contribution in [0.5, 0.6) is 0 Å². The predicted octanol–water partition coefficient (Wildman–Crippen LogP) is 3.68. The van der Waals surface area contributed by atoms with Gasteiger partial charge in [0.2, 0.25) is 5.95 Å². The van der Waals surface area contributed by atoms with Crippen LogP contribution in [0.1, 0.15) is 19.8 Å². The average molecular weight is 408 g/mol. The number of nitrogens with one attached hydrogen (secondary N) is 2. The first-order valence-corrected chi connectivity index (χ1v) is 9.88. The summed E-state index contributed by atoms with van der Waals surface area (Å²) in [7, 11) is 4.03. The van der Waals surface area contributed by atoms with Crippen molar-refractivity contribution in [2.24, 2.45) is 0 Å². The van der Waals surface area contributed by atoms with Crippen molar-refractivity contribution >= 4 is 23.4 Å². The Bertz CT molecular complexity index is 685. The second-order valence-corrected chi connectivity index (χ2v) is 7.04. The van der Waals surface area contributed by atoms with Gasteiger partial charge < -0.3 is 25.0 Å². The van der Waals surface area contributed by atoms with E-state index in [1.807, 2.05) is 45.3 Å². The number of allylic oxidation sites excluding steroid dienone is 4. The summed E-state index contributed by atoms with van der Waals surface area (Å²) < 4.78 is 11.3. The molecule has 2 rings (SSSR count). The molecule has 0 aromatic carbocycles. The van der Waals surface area contributed by atoms with Crippen molar-refractivity contribution < 1.29 is 9.47 Å². The lowest BCUT2D eigenvalue weighted by molar-refractivity contribution is 0.120. The molecule has 1 unspecified atom stereocenters. The summed E-state index contributed by atoms with van der Waals surface area (Å²) in [6.45, 7) is 4.95. The van der Waals surface area contributed by atoms with E-state index in [2.05, 4.69) is 25.5 Å². The van der Waals surface area contributed by atoms with Gasteiger partial charge in [-0.05, 0) is 52.1 Å². The van der Waals surface area contributed by atoms with Crippen molar-refractivity contribution in [3.8, 4) is 0 Å². The van der Waals surface area contributed by atoms with E-state index < -0.39 is 0 Å². The first kappa shape index (κ1) is 22.2. The Morgan fingerprint density at radius 3 is 3.04 bits per heavy atom. The molecule has 28 heavy (non-hydrogen) atoms. The molecule has 1 aromatic rings. The molecule has 7 nitrogen and oxygen atoms in total. The predicted molar refractivity (Wildman–Crippen MR) is 115 cm³/mol. The fraction of sp³-hybridized carbons (Fsp3) is 0.500. The zero-order chi connectivity index (χ0) is 20.2. The third kappa shape index (κ3) is 8.29. The SMILES string of the molecule is C\C=C/C(=C\C=C\Nc1ncc(Cl)c(NCC2CCCO2)n1)OCCN(C)C. The standard InChI is InChI=1S/C20H30ClN5O2/c1-4-7-16(28-13-11-26(2)3)8-5-10-22-20-24-15-18(21)19(25-20)23-14-17-9-6-12-27-17/h4-5,7-8,10,15,17H,6,9,11-14H2,1-3H3,(H2,22,23,24,25)/b7-4-,10-5+,16-8+. The normalized spacial score (nSPS) is 17.8. The number of ether oxygens (including phenoxy) is 2. The molecule has 1 aliphatic rings. The number of nitrogens with zero attached hydrogens (tertiary/aromatic N) is 3. The molecular formula is C20H30ClN5O2. The summed E-state index contributed by atoms with van der Waals surface area (Å²) in [5.74, 6) is 1.85. The van der Waals surface area contributed by atoms with Crippen LogP contribution in [-0.2, 0) is 9.47 Å². The van der Waals surface area contributed by atoms with Gasteiger partial charge in [-0.1, -0.05) is 17.7 Å². The van der Waals surface area contributed by atoms with Gasteiger partial charge in [-0.2, -0.15) is 4.98 Å². The molecule has 0 saturated carbocycles. The molecule has 2 N–H and O–H groups in total. The Morgan fingerprint density at radius 1 is 1.46 bits per heavy atom. The molecule has 1 saturated heterocycles. The number of anilines is 2. The van der Waals surface area contributed by atoms with Crippen molar-refractivity contribution in [2.75, 3.05) is 51.0 Å². The number of hydrogen-bond acceptors (Lipinski definition) is 7. The first-order chi connectivity index (χ1) is 13.6. The summed E-state index contributed by atoms with van der Waals surface area (Å²) in [5.41, 5.74) is 0. The Hall–Kier alpha value is -2.09. The van der Waals surface area contributed by atoms with E-state index in [9.17, 15) is 0 Å². The van der Waals surface area contributed by atoms with Crippen LogP contribution in [-0.4, -0.2) is 61.4 Å². The van der Waals surface area contributed by atoms with Crippen molar-refractivity contribution in [3.63, 3.8) is 0 Å². The van der Waals surface area contributed by atoms with E-state index in [1.165, 1.54) is 0 Å². The van der Waals surface area contributed by atoms with Crippen molar-refractivity contribution in [3.05, 3.63) is 47.5 Å². The number of halogens is 1. The van der Waals surface area contributed by atoms with Crippen LogP contribution in [0.15, 0.2) is 42.5 Å². The van der Waals surface area contributed by atoms with Gasteiger partial charge >= 0.3 is 0 Å². The maximum Gasteiger partial charge on any atom is 0.228 e. The molecule has 1 atom stereocenters. The lowest BCUT2D eigenvalue weighted by atomic mass is 10.2. The van der Waals surface area contributed by atoms with Crippen molar-refractivity contribution in [2.45, 2.75) is 25.9 Å². The highest BCUT2D eigenvalue weighted by molar-refractivity contribution is 6.32. The molecule has 0 bridgehead atoms. The summed E-state index contributed by atoms with van der Waals surface area (Å²) in [6, 6.07) is 0. The van der Waals surface area contributed by atoms with Crippen molar-refractivity contribution in [1.82, 2.24) is 14.9 Å². The first-order valence-electron chi connectivity index (χ1n) is 9.50. The number of likely N-dealkylation sites (N-methyl/N-ethyl adjacent to an activating group) is 1. The number of aromatic nitrogens is 2. The van der Waals surface area contributed by atoms with Gasteiger partial charge in [0.25, 0.3) is 0 Å². The minimum atomic E-state index is 0.213. The molecule has 1 aliphatic heterocycles. The van der Waals surface area contributed by atoms with Gasteiger partial charge in [-0.15, -0.1) is 0 Å². The molecule has 2 heterocycles. The Labute approximate surface area is 172 Å². The van der Waals surface area contributed by atoms with Crippen LogP contribution < -0.4 is 10.6 Å². The quantitative estimate of drug-likeness (QED) is 0.428. The van der Waals surface area contributed by atoms with Crippen LogP contribution in [0, 0.1) is 0 Å². The van der Waals surface area contributed by atoms with Crippen LogP contribution >= 0.6 is 11.6 Å². The summed E-state index contributed by atoms with van der Waals surface area (Å²) >= 11 is 6.18. The largest absolute Gasteiger partial charge is 0.492 e. The topological polar surface area (TPSA) is 71.5 Å². The summed E-state index contributed by atoms with van der Waals surface area (Å²) in [4.78, 5) is 10.7. The third-order valence-electron chi connectivity index (χ3n) is 3.97. The zero-order valence-electron chi connectivity index (χ0n) is 16.8. The van der Waals surface area contributed by atoms with Gasteiger partial charge in [-0.25, -0.2) is 4.98 Å². The lowest BCUT2D eigenvalue weighted by Crippen LogP contribution is -2.19. The highest BCUT2D eigenvalue weighted by Gasteiger charge is 2.16. The molecule has 8 heteroatoms. The van der Waals surface area contributed by atoms with Gasteiger partial charge in [0.05, 0.1) is 12.3 Å². The molecule has 0 aliphatic carbocycles. The minimum Gasteiger partial charge on any atom is -0.492 e. The Morgan fingerprint density at radius 2 is 2.32 bits per heavy atom. The maximum atomic E-state index is 6.18. The van der Waals surface area contributed by atoms with Crippen LogP contribution in [0.4, 0.5) is 11.8 Å². The van der Waals surface area contributed by atoms with E-state index in [0.717, 1.165) is 31.8 Å². The van der Waals surface area contributed by atoms with Gasteiger partial charge in [0, 0.05) is 25.9 Å². The average Bonchev–Trinajstić information content (AvgIpc) is 3.18. The minimum absolute atomic E-state index is 0.213. The van der Waals surface area contributed by atoms with E-state index >= 15 is 0 Å². The maximum absolute atomic E-state index is 6.18. The monoisotopic (exact) mass is 407 g/mol. The van der Waals surface area contributed by atoms with Crippen LogP contribution in [0.2, 0.25) is 5.02 Å². The molecule has 154 valence electrons. The van der Waals surface area contributed by atoms with E-state index in [0.29, 0.717) is 29.9 Å². The zero-order valence-corrected chi connectivity index (χ0v) is 17.6. The number of rotatable bonds is 11. The second kappa shape index (κ2) is 12.4. The van der Waals surface area contributed by atoms with Crippen LogP contribution in [0.25, 0.3) is 0 Å². The van der Waals surface area contributed by atoms with Gasteiger partial charge in [0.15, 0.2) is 5.82 Å². The van der Waals surface area contributed by atoms with Gasteiger partial charge in [0.1, 0.15) is 17.4 Å².